The topological polar surface area (TPSA) is 80.1 Å². The van der Waals surface area contributed by atoms with Crippen LogP contribution in [0.1, 0.15) is 15.9 Å². The van der Waals surface area contributed by atoms with Crippen molar-refractivity contribution in [3.05, 3.63) is 78.0 Å². The first-order chi connectivity index (χ1) is 13.6. The van der Waals surface area contributed by atoms with Crippen LogP contribution in [0.25, 0.3) is 22.7 Å². The Balaban J connectivity index is 1.54. The van der Waals surface area contributed by atoms with E-state index in [-0.39, 0.29) is 11.0 Å². The van der Waals surface area contributed by atoms with Crippen molar-refractivity contribution in [1.82, 2.24) is 15.3 Å². The number of nitrogens with one attached hydrogen (secondary N) is 2. The largest absolute Gasteiger partial charge is 0.434 e. The zero-order valence-electron chi connectivity index (χ0n) is 15.0. The number of aryl methyl sites for hydroxylation is 1. The van der Waals surface area contributed by atoms with Gasteiger partial charge in [-0.15, -0.1) is 0 Å². The molecule has 0 spiro atoms. The molecule has 6 nitrogen and oxygen atoms in total. The molecule has 1 amide bonds. The third-order valence-corrected chi connectivity index (χ3v) is 4.36. The van der Waals surface area contributed by atoms with Crippen molar-refractivity contribution in [2.45, 2.75) is 6.92 Å². The fourth-order valence-electron chi connectivity index (χ4n) is 2.70. The summed E-state index contributed by atoms with van der Waals surface area (Å²) in [6.07, 6.45) is 1.67. The zero-order valence-corrected chi connectivity index (χ0v) is 15.8. The van der Waals surface area contributed by atoms with Crippen LogP contribution in [-0.4, -0.2) is 21.0 Å². The smallest absolute Gasteiger partial charge is 0.257 e. The van der Waals surface area contributed by atoms with Crippen LogP contribution in [0.4, 0.5) is 5.69 Å². The van der Waals surface area contributed by atoms with Gasteiger partial charge in [-0.1, -0.05) is 24.3 Å². The normalized spacial score (nSPS) is 10.6. The number of carbonyl (C=O) groups excluding carboxylic acids is 1. The summed E-state index contributed by atoms with van der Waals surface area (Å²) in [5.41, 5.74) is 4.22. The number of oxazole rings is 1. The number of carbonyl (C=O) groups is 1. The Hall–Kier alpha value is -3.58. The molecule has 28 heavy (non-hydrogen) atoms. The standard InChI is InChI=1S/C21H16N4O2S/c1-13-9-10-15(20-24-18-17(27-20)8-5-11-22-18)12-16(13)23-21(28)25-19(26)14-6-3-2-4-7-14/h2-12H,1H3,(H2,23,25,26,28). The van der Waals surface area contributed by atoms with Crippen LogP contribution in [0, 0.1) is 6.92 Å². The summed E-state index contributed by atoms with van der Waals surface area (Å²) in [7, 11) is 0. The Morgan fingerprint density at radius 1 is 1.07 bits per heavy atom. The molecular weight excluding hydrogens is 372 g/mol. The predicted molar refractivity (Wildman–Crippen MR) is 112 cm³/mol. The van der Waals surface area contributed by atoms with Crippen molar-refractivity contribution in [2.75, 3.05) is 5.32 Å². The highest BCUT2D eigenvalue weighted by atomic mass is 32.1. The van der Waals surface area contributed by atoms with E-state index in [1.165, 1.54) is 0 Å². The Morgan fingerprint density at radius 2 is 1.89 bits per heavy atom. The van der Waals surface area contributed by atoms with E-state index in [2.05, 4.69) is 20.6 Å². The second kappa shape index (κ2) is 7.58. The van der Waals surface area contributed by atoms with Crippen LogP contribution < -0.4 is 10.6 Å². The number of amides is 1. The lowest BCUT2D eigenvalue weighted by molar-refractivity contribution is 0.0977. The first-order valence-corrected chi connectivity index (χ1v) is 9.01. The second-order valence-corrected chi connectivity index (χ2v) is 6.56. The van der Waals surface area contributed by atoms with Crippen molar-refractivity contribution in [2.24, 2.45) is 0 Å². The third kappa shape index (κ3) is 3.74. The van der Waals surface area contributed by atoms with E-state index in [4.69, 9.17) is 16.6 Å². The van der Waals surface area contributed by atoms with Gasteiger partial charge in [-0.3, -0.25) is 10.1 Å². The number of pyridine rings is 1. The van der Waals surface area contributed by atoms with Gasteiger partial charge in [0.1, 0.15) is 0 Å². The van der Waals surface area contributed by atoms with Crippen molar-refractivity contribution in [3.63, 3.8) is 0 Å². The van der Waals surface area contributed by atoms with Crippen molar-refractivity contribution in [3.8, 4) is 11.5 Å². The molecule has 0 aliphatic rings. The molecular formula is C21H16N4O2S. The maximum absolute atomic E-state index is 12.2. The van der Waals surface area contributed by atoms with Gasteiger partial charge in [0.2, 0.25) is 5.89 Å². The lowest BCUT2D eigenvalue weighted by atomic mass is 10.1. The third-order valence-electron chi connectivity index (χ3n) is 4.16. The van der Waals surface area contributed by atoms with E-state index >= 15 is 0 Å². The average Bonchev–Trinajstić information content (AvgIpc) is 3.14. The van der Waals surface area contributed by atoms with Crippen LogP contribution >= 0.6 is 12.2 Å². The molecule has 0 aliphatic heterocycles. The predicted octanol–water partition coefficient (Wildman–Crippen LogP) is 4.33. The van der Waals surface area contributed by atoms with Crippen LogP contribution in [0.3, 0.4) is 0 Å². The van der Waals surface area contributed by atoms with Gasteiger partial charge in [0, 0.05) is 23.0 Å². The van der Waals surface area contributed by atoms with E-state index < -0.39 is 0 Å². The summed E-state index contributed by atoms with van der Waals surface area (Å²) < 4.78 is 5.77. The number of hydrogen-bond acceptors (Lipinski definition) is 5. The maximum atomic E-state index is 12.2. The molecule has 0 aliphatic carbocycles. The first-order valence-electron chi connectivity index (χ1n) is 8.60. The average molecular weight is 388 g/mol. The second-order valence-electron chi connectivity index (χ2n) is 6.15. The Kier molecular flexibility index (Phi) is 4.82. The van der Waals surface area contributed by atoms with Gasteiger partial charge in [-0.25, -0.2) is 4.98 Å². The molecule has 0 bridgehead atoms. The minimum atomic E-state index is -0.267. The van der Waals surface area contributed by atoms with E-state index in [0.717, 1.165) is 16.8 Å². The lowest BCUT2D eigenvalue weighted by Gasteiger charge is -2.12. The molecule has 2 heterocycles. The molecule has 2 aromatic heterocycles. The summed E-state index contributed by atoms with van der Waals surface area (Å²) in [4.78, 5) is 20.8. The van der Waals surface area contributed by atoms with E-state index in [1.54, 1.807) is 36.5 Å². The first kappa shape index (κ1) is 17.8. The minimum Gasteiger partial charge on any atom is -0.434 e. The molecule has 2 N–H and O–H groups in total. The molecule has 0 atom stereocenters. The Bertz CT molecular complexity index is 1140. The van der Waals surface area contributed by atoms with Crippen LogP contribution in [0.15, 0.2) is 71.3 Å². The van der Waals surface area contributed by atoms with Gasteiger partial charge >= 0.3 is 0 Å². The van der Waals surface area contributed by atoms with E-state index in [0.29, 0.717) is 22.7 Å². The molecule has 138 valence electrons. The van der Waals surface area contributed by atoms with Crippen molar-refractivity contribution < 1.29 is 9.21 Å². The van der Waals surface area contributed by atoms with Crippen molar-refractivity contribution >= 4 is 40.2 Å². The highest BCUT2D eigenvalue weighted by Crippen LogP contribution is 2.27. The van der Waals surface area contributed by atoms with E-state index in [9.17, 15) is 4.79 Å². The number of hydrogen-bond donors (Lipinski definition) is 2. The summed E-state index contributed by atoms with van der Waals surface area (Å²) in [6.45, 7) is 1.95. The van der Waals surface area contributed by atoms with Gasteiger partial charge in [-0.2, -0.15) is 4.98 Å². The molecule has 0 radical (unpaired) electrons. The van der Waals surface area contributed by atoms with Crippen LogP contribution in [0.2, 0.25) is 0 Å². The highest BCUT2D eigenvalue weighted by Gasteiger charge is 2.12. The fraction of sp³-hybridized carbons (Fsp3) is 0.0476. The quantitative estimate of drug-likeness (QED) is 0.509. The maximum Gasteiger partial charge on any atom is 0.257 e. The molecule has 0 saturated carbocycles. The molecule has 2 aromatic carbocycles. The fourth-order valence-corrected chi connectivity index (χ4v) is 2.90. The van der Waals surface area contributed by atoms with Gasteiger partial charge in [0.05, 0.1) is 0 Å². The summed E-state index contributed by atoms with van der Waals surface area (Å²) in [5, 5.41) is 5.97. The highest BCUT2D eigenvalue weighted by molar-refractivity contribution is 7.80. The number of aromatic nitrogens is 2. The minimum absolute atomic E-state index is 0.216. The van der Waals surface area contributed by atoms with Gasteiger partial charge in [0.25, 0.3) is 5.91 Å². The molecule has 4 aromatic rings. The number of thiocarbonyl (C=S) groups is 1. The molecule has 4 rings (SSSR count). The van der Waals surface area contributed by atoms with E-state index in [1.807, 2.05) is 37.3 Å². The van der Waals surface area contributed by atoms with Gasteiger partial charge in [0.15, 0.2) is 16.3 Å². The molecule has 0 fully saturated rings. The van der Waals surface area contributed by atoms with Gasteiger partial charge < -0.3 is 9.73 Å². The SMILES string of the molecule is Cc1ccc(-c2nc3ncccc3o2)cc1NC(=S)NC(=O)c1ccccc1. The lowest BCUT2D eigenvalue weighted by Crippen LogP contribution is -2.34. The van der Waals surface area contributed by atoms with Crippen LogP contribution in [-0.2, 0) is 0 Å². The Labute approximate surface area is 166 Å². The Morgan fingerprint density at radius 3 is 2.68 bits per heavy atom. The molecule has 0 unspecified atom stereocenters. The van der Waals surface area contributed by atoms with Crippen LogP contribution in [0.5, 0.6) is 0 Å². The summed E-state index contributed by atoms with van der Waals surface area (Å²) in [6, 6.07) is 18.2. The monoisotopic (exact) mass is 388 g/mol. The number of nitrogens with zero attached hydrogens (tertiary/aromatic N) is 2. The molecule has 7 heteroatoms. The van der Waals surface area contributed by atoms with Crippen molar-refractivity contribution in [1.29, 1.82) is 0 Å². The van der Waals surface area contributed by atoms with Gasteiger partial charge in [-0.05, 0) is 61.1 Å². The number of fused-ring (bicyclic) bond motifs is 1. The number of benzene rings is 2. The summed E-state index contributed by atoms with van der Waals surface area (Å²) >= 11 is 5.29. The number of rotatable bonds is 3. The number of anilines is 1. The molecule has 0 saturated heterocycles. The summed E-state index contributed by atoms with van der Waals surface area (Å²) in [5.74, 6) is 0.202. The zero-order chi connectivity index (χ0) is 19.5.